The minimum absolute atomic E-state index is 0.0249. The fourth-order valence-electron chi connectivity index (χ4n) is 3.22. The lowest BCUT2D eigenvalue weighted by atomic mass is 10.1. The molecule has 2 heterocycles. The number of nitrogens with one attached hydrogen (secondary N) is 1. The lowest BCUT2D eigenvalue weighted by molar-refractivity contribution is -0.128. The SMILES string of the molecule is CCN1C(=O)C(=Cc2cc(C)n(-c3ccc(C(=O)O)cc3)c2C)C(=O)NC1=S. The molecule has 2 N–H and O–H groups in total. The van der Waals surface area contributed by atoms with Crippen LogP contribution < -0.4 is 5.32 Å². The molecule has 0 atom stereocenters. The summed E-state index contributed by atoms with van der Waals surface area (Å²) >= 11 is 5.04. The molecule has 2 aromatic rings. The standard InChI is InChI=1S/C20H19N3O4S/c1-4-22-18(25)16(17(24)21-20(22)28)10-14-9-11(2)23(12(14)3)15-7-5-13(6-8-15)19(26)27/h5-10H,4H2,1-3H3,(H,26,27)(H,21,24,28). The summed E-state index contributed by atoms with van der Waals surface area (Å²) in [4.78, 5) is 37.3. The number of hydrogen-bond acceptors (Lipinski definition) is 4. The third-order valence-corrected chi connectivity index (χ3v) is 4.97. The van der Waals surface area contributed by atoms with Gasteiger partial charge < -0.3 is 9.67 Å². The van der Waals surface area contributed by atoms with E-state index in [-0.39, 0.29) is 16.2 Å². The number of nitrogens with zero attached hydrogens (tertiary/aromatic N) is 2. The van der Waals surface area contributed by atoms with Gasteiger partial charge in [0.2, 0.25) is 0 Å². The normalized spacial score (nSPS) is 15.9. The van der Waals surface area contributed by atoms with E-state index < -0.39 is 17.8 Å². The van der Waals surface area contributed by atoms with E-state index in [1.54, 1.807) is 25.1 Å². The quantitative estimate of drug-likeness (QED) is 0.470. The van der Waals surface area contributed by atoms with Gasteiger partial charge in [-0.25, -0.2) is 4.79 Å². The molecule has 28 heavy (non-hydrogen) atoms. The van der Waals surface area contributed by atoms with Crippen LogP contribution >= 0.6 is 12.2 Å². The molecular weight excluding hydrogens is 378 g/mol. The summed E-state index contributed by atoms with van der Waals surface area (Å²) in [5.74, 6) is -1.93. The largest absolute Gasteiger partial charge is 0.478 e. The van der Waals surface area contributed by atoms with E-state index in [9.17, 15) is 14.4 Å². The summed E-state index contributed by atoms with van der Waals surface area (Å²) in [6.07, 6.45) is 1.56. The molecule has 3 rings (SSSR count). The molecule has 0 saturated carbocycles. The van der Waals surface area contributed by atoms with Gasteiger partial charge in [0.05, 0.1) is 5.56 Å². The van der Waals surface area contributed by atoms with Gasteiger partial charge in [-0.1, -0.05) is 0 Å². The Morgan fingerprint density at radius 1 is 1.21 bits per heavy atom. The van der Waals surface area contributed by atoms with Gasteiger partial charge in [0.1, 0.15) is 5.57 Å². The number of hydrogen-bond donors (Lipinski definition) is 2. The molecule has 7 nitrogen and oxygen atoms in total. The average molecular weight is 397 g/mol. The Labute approximate surface area is 167 Å². The zero-order chi connectivity index (χ0) is 20.6. The molecule has 1 fully saturated rings. The first-order valence-electron chi connectivity index (χ1n) is 8.66. The molecule has 0 bridgehead atoms. The molecule has 1 saturated heterocycles. The van der Waals surface area contributed by atoms with Crippen LogP contribution in [0.3, 0.4) is 0 Å². The highest BCUT2D eigenvalue weighted by Crippen LogP contribution is 2.24. The first kappa shape index (κ1) is 19.5. The highest BCUT2D eigenvalue weighted by molar-refractivity contribution is 7.80. The van der Waals surface area contributed by atoms with E-state index in [1.165, 1.54) is 17.0 Å². The monoisotopic (exact) mass is 397 g/mol. The summed E-state index contributed by atoms with van der Waals surface area (Å²) in [5, 5.41) is 11.7. The van der Waals surface area contributed by atoms with E-state index in [0.717, 1.165) is 22.6 Å². The summed E-state index contributed by atoms with van der Waals surface area (Å²) in [5.41, 5.74) is 3.46. The smallest absolute Gasteiger partial charge is 0.335 e. The molecule has 1 aromatic carbocycles. The molecule has 144 valence electrons. The number of carbonyl (C=O) groups is 3. The number of thiocarbonyl (C=S) groups is 1. The van der Waals surface area contributed by atoms with Crippen molar-refractivity contribution in [1.82, 2.24) is 14.8 Å². The van der Waals surface area contributed by atoms with Crippen molar-refractivity contribution >= 4 is 41.2 Å². The van der Waals surface area contributed by atoms with Crippen molar-refractivity contribution in [2.45, 2.75) is 20.8 Å². The van der Waals surface area contributed by atoms with Crippen LogP contribution in [0.1, 0.15) is 34.2 Å². The van der Waals surface area contributed by atoms with Crippen LogP contribution in [-0.4, -0.2) is 44.0 Å². The summed E-state index contributed by atoms with van der Waals surface area (Å²) in [7, 11) is 0. The van der Waals surface area contributed by atoms with Gasteiger partial charge >= 0.3 is 5.97 Å². The van der Waals surface area contributed by atoms with Crippen LogP contribution in [0.4, 0.5) is 0 Å². The fraction of sp³-hybridized carbons (Fsp3) is 0.200. The molecule has 2 amide bonds. The maximum atomic E-state index is 12.6. The first-order valence-corrected chi connectivity index (χ1v) is 9.07. The molecule has 0 unspecified atom stereocenters. The number of likely N-dealkylation sites (N-methyl/N-ethyl adjacent to an activating group) is 1. The van der Waals surface area contributed by atoms with Gasteiger partial charge in [0.15, 0.2) is 5.11 Å². The Bertz CT molecular complexity index is 1030. The van der Waals surface area contributed by atoms with Crippen molar-refractivity contribution in [3.8, 4) is 5.69 Å². The first-order chi connectivity index (χ1) is 13.2. The van der Waals surface area contributed by atoms with Crippen molar-refractivity contribution in [1.29, 1.82) is 0 Å². The lowest BCUT2D eigenvalue weighted by Crippen LogP contribution is -2.53. The van der Waals surface area contributed by atoms with Gasteiger partial charge in [-0.3, -0.25) is 19.8 Å². The summed E-state index contributed by atoms with van der Waals surface area (Å²) in [6, 6.07) is 8.38. The molecular formula is C20H19N3O4S. The van der Waals surface area contributed by atoms with Crippen LogP contribution in [0.15, 0.2) is 35.9 Å². The molecule has 1 aliphatic heterocycles. The van der Waals surface area contributed by atoms with E-state index in [0.29, 0.717) is 6.54 Å². The van der Waals surface area contributed by atoms with Crippen LogP contribution in [-0.2, 0) is 9.59 Å². The van der Waals surface area contributed by atoms with Gasteiger partial charge in [0.25, 0.3) is 11.8 Å². The maximum absolute atomic E-state index is 12.6. The highest BCUT2D eigenvalue weighted by atomic mass is 32.1. The second kappa shape index (κ2) is 7.40. The Morgan fingerprint density at radius 3 is 2.43 bits per heavy atom. The van der Waals surface area contributed by atoms with Gasteiger partial charge in [-0.05, 0) is 75.0 Å². The van der Waals surface area contributed by atoms with Gasteiger partial charge in [-0.2, -0.15) is 0 Å². The van der Waals surface area contributed by atoms with Crippen LogP contribution in [0.2, 0.25) is 0 Å². The number of aromatic nitrogens is 1. The number of carbonyl (C=O) groups excluding carboxylic acids is 2. The van der Waals surface area contributed by atoms with Crippen LogP contribution in [0.25, 0.3) is 11.8 Å². The zero-order valence-corrected chi connectivity index (χ0v) is 16.5. The highest BCUT2D eigenvalue weighted by Gasteiger charge is 2.32. The molecule has 8 heteroatoms. The minimum Gasteiger partial charge on any atom is -0.478 e. The second-order valence-electron chi connectivity index (χ2n) is 6.38. The fourth-order valence-corrected chi connectivity index (χ4v) is 3.53. The number of carboxylic acid groups (broad SMARTS) is 1. The van der Waals surface area contributed by atoms with E-state index in [1.807, 2.05) is 24.5 Å². The maximum Gasteiger partial charge on any atom is 0.335 e. The van der Waals surface area contributed by atoms with E-state index >= 15 is 0 Å². The van der Waals surface area contributed by atoms with Gasteiger partial charge in [-0.15, -0.1) is 0 Å². The van der Waals surface area contributed by atoms with E-state index in [4.69, 9.17) is 17.3 Å². The number of aryl methyl sites for hydroxylation is 1. The summed E-state index contributed by atoms with van der Waals surface area (Å²) in [6.45, 7) is 5.92. The molecule has 0 radical (unpaired) electrons. The third-order valence-electron chi connectivity index (χ3n) is 4.64. The number of rotatable bonds is 4. The topological polar surface area (TPSA) is 91.6 Å². The van der Waals surface area contributed by atoms with Crippen molar-refractivity contribution < 1.29 is 19.5 Å². The van der Waals surface area contributed by atoms with Crippen molar-refractivity contribution in [2.75, 3.05) is 6.54 Å². The summed E-state index contributed by atoms with van der Waals surface area (Å²) < 4.78 is 1.94. The van der Waals surface area contributed by atoms with Crippen molar-refractivity contribution in [2.24, 2.45) is 0 Å². The van der Waals surface area contributed by atoms with Crippen molar-refractivity contribution in [3.63, 3.8) is 0 Å². The van der Waals surface area contributed by atoms with Crippen molar-refractivity contribution in [3.05, 3.63) is 58.4 Å². The predicted octanol–water partition coefficient (Wildman–Crippen LogP) is 2.44. The zero-order valence-electron chi connectivity index (χ0n) is 15.6. The van der Waals surface area contributed by atoms with Crippen LogP contribution in [0.5, 0.6) is 0 Å². The Hall–Kier alpha value is -3.26. The Balaban J connectivity index is 2.03. The van der Waals surface area contributed by atoms with Gasteiger partial charge in [0, 0.05) is 23.6 Å². The number of aromatic carboxylic acids is 1. The Morgan fingerprint density at radius 2 is 1.86 bits per heavy atom. The van der Waals surface area contributed by atoms with Crippen LogP contribution in [0, 0.1) is 13.8 Å². The third kappa shape index (κ3) is 3.34. The average Bonchev–Trinajstić information content (AvgIpc) is 2.92. The number of benzene rings is 1. The predicted molar refractivity (Wildman–Crippen MR) is 108 cm³/mol. The number of amides is 2. The molecule has 1 aromatic heterocycles. The number of carboxylic acids is 1. The molecule has 1 aliphatic rings. The molecule has 0 spiro atoms. The van der Waals surface area contributed by atoms with E-state index in [2.05, 4.69) is 5.32 Å². The minimum atomic E-state index is -0.988. The molecule has 0 aliphatic carbocycles. The Kier molecular flexibility index (Phi) is 5.15. The second-order valence-corrected chi connectivity index (χ2v) is 6.77. The lowest BCUT2D eigenvalue weighted by Gasteiger charge is -2.27.